The molecule has 1 fully saturated rings. The first kappa shape index (κ1) is 18.9. The van der Waals surface area contributed by atoms with E-state index >= 15 is 0 Å². The summed E-state index contributed by atoms with van der Waals surface area (Å²) in [7, 11) is 0. The normalized spacial score (nSPS) is 18.6. The van der Waals surface area contributed by atoms with Crippen molar-refractivity contribution in [2.45, 2.75) is 39.5 Å². The van der Waals surface area contributed by atoms with Gasteiger partial charge in [-0.05, 0) is 43.4 Å². The summed E-state index contributed by atoms with van der Waals surface area (Å²) in [4.78, 5) is 44.8. The number of aryl methyl sites for hydroxylation is 1. The van der Waals surface area contributed by atoms with Crippen LogP contribution in [0.5, 0.6) is 0 Å². The van der Waals surface area contributed by atoms with Crippen molar-refractivity contribution < 1.29 is 19.2 Å². The van der Waals surface area contributed by atoms with Gasteiger partial charge in [0.1, 0.15) is 0 Å². The summed E-state index contributed by atoms with van der Waals surface area (Å²) < 4.78 is 0. The molecule has 1 unspecified atom stereocenters. The molecule has 1 aliphatic heterocycles. The van der Waals surface area contributed by atoms with Crippen LogP contribution in [0.15, 0.2) is 24.5 Å². The van der Waals surface area contributed by atoms with Crippen molar-refractivity contribution in [3.05, 3.63) is 30.1 Å². The molecule has 1 N–H and O–H groups in total. The molecular formula is C18H25N3O4. The molecule has 1 aromatic rings. The molecule has 7 nitrogen and oxygen atoms in total. The first-order chi connectivity index (χ1) is 12.0. The third kappa shape index (κ3) is 5.85. The number of amides is 2. The Kier molecular flexibility index (Phi) is 6.91. The van der Waals surface area contributed by atoms with Gasteiger partial charge in [-0.3, -0.25) is 14.6 Å². The minimum atomic E-state index is -0.506. The number of piperidine rings is 1. The fourth-order valence-electron chi connectivity index (χ4n) is 2.75. The summed E-state index contributed by atoms with van der Waals surface area (Å²) in [5, 5.41) is 3.76. The van der Waals surface area contributed by atoms with Crippen LogP contribution in [0, 0.1) is 11.8 Å². The summed E-state index contributed by atoms with van der Waals surface area (Å²) in [6.45, 7) is 3.66. The Hall–Kier alpha value is -2.44. The summed E-state index contributed by atoms with van der Waals surface area (Å²) in [6, 6.07) is 3.88. The Balaban J connectivity index is 1.84. The van der Waals surface area contributed by atoms with Crippen LogP contribution in [0.4, 0.5) is 0 Å². The summed E-state index contributed by atoms with van der Waals surface area (Å²) in [6.07, 6.45) is 6.60. The van der Waals surface area contributed by atoms with E-state index < -0.39 is 11.9 Å². The number of hydrogen-bond donors (Lipinski definition) is 1. The van der Waals surface area contributed by atoms with Crippen LogP contribution in [0.25, 0.3) is 0 Å². The predicted molar refractivity (Wildman–Crippen MR) is 90.9 cm³/mol. The summed E-state index contributed by atoms with van der Waals surface area (Å²) >= 11 is 0. The topological polar surface area (TPSA) is 88.6 Å². The average Bonchev–Trinajstić information content (AvgIpc) is 2.61. The van der Waals surface area contributed by atoms with Crippen molar-refractivity contribution in [3.63, 3.8) is 0 Å². The SMILES string of the molecule is CC(=O)NCC(C)C(=O)ON1CCC[C@@H](CCc2ccncc2)C1=O. The van der Waals surface area contributed by atoms with Crippen molar-refractivity contribution in [2.24, 2.45) is 11.8 Å². The van der Waals surface area contributed by atoms with Crippen LogP contribution in [0.3, 0.4) is 0 Å². The van der Waals surface area contributed by atoms with Gasteiger partial charge in [-0.15, -0.1) is 0 Å². The number of carbonyl (C=O) groups is 3. The molecule has 0 saturated carbocycles. The lowest BCUT2D eigenvalue weighted by Gasteiger charge is -2.31. The smallest absolute Gasteiger partial charge is 0.337 e. The summed E-state index contributed by atoms with van der Waals surface area (Å²) in [5.74, 6) is -1.49. The van der Waals surface area contributed by atoms with Crippen LogP contribution in [-0.2, 0) is 25.6 Å². The van der Waals surface area contributed by atoms with Gasteiger partial charge in [-0.25, -0.2) is 4.79 Å². The number of hydroxylamine groups is 2. The highest BCUT2D eigenvalue weighted by atomic mass is 16.7. The molecule has 7 heteroatoms. The first-order valence-electron chi connectivity index (χ1n) is 8.64. The lowest BCUT2D eigenvalue weighted by atomic mass is 9.92. The number of nitrogens with one attached hydrogen (secondary N) is 1. The Morgan fingerprint density at radius 3 is 2.80 bits per heavy atom. The fourth-order valence-corrected chi connectivity index (χ4v) is 2.75. The minimum Gasteiger partial charge on any atom is -0.355 e. The number of nitrogens with zero attached hydrogens (tertiary/aromatic N) is 2. The molecule has 25 heavy (non-hydrogen) atoms. The molecular weight excluding hydrogens is 322 g/mol. The van der Waals surface area contributed by atoms with Crippen LogP contribution in [0.2, 0.25) is 0 Å². The van der Waals surface area contributed by atoms with Crippen LogP contribution in [0.1, 0.15) is 38.7 Å². The molecule has 2 amide bonds. The van der Waals surface area contributed by atoms with E-state index in [1.807, 2.05) is 12.1 Å². The second kappa shape index (κ2) is 9.15. The van der Waals surface area contributed by atoms with E-state index in [0.29, 0.717) is 6.54 Å². The van der Waals surface area contributed by atoms with E-state index in [0.717, 1.165) is 31.2 Å². The quantitative estimate of drug-likeness (QED) is 0.807. The van der Waals surface area contributed by atoms with E-state index in [4.69, 9.17) is 4.84 Å². The van der Waals surface area contributed by atoms with Gasteiger partial charge in [-0.1, -0.05) is 6.92 Å². The minimum absolute atomic E-state index is 0.139. The highest BCUT2D eigenvalue weighted by molar-refractivity contribution is 5.81. The standard InChI is InChI=1S/C18H25N3O4/c1-13(12-20-14(2)22)18(24)25-21-11-3-4-16(17(21)23)6-5-15-7-9-19-10-8-15/h7-10,13,16H,3-6,11-12H2,1-2H3,(H,20,22)/t13?,16-/m0/s1. The predicted octanol–water partition coefficient (Wildman–Crippen LogP) is 1.48. The van der Waals surface area contributed by atoms with E-state index in [2.05, 4.69) is 10.3 Å². The van der Waals surface area contributed by atoms with Gasteiger partial charge in [0, 0.05) is 31.8 Å². The van der Waals surface area contributed by atoms with Crippen LogP contribution in [-0.4, -0.2) is 40.9 Å². The van der Waals surface area contributed by atoms with E-state index in [-0.39, 0.29) is 24.3 Å². The Morgan fingerprint density at radius 2 is 2.12 bits per heavy atom. The van der Waals surface area contributed by atoms with Crippen molar-refractivity contribution in [3.8, 4) is 0 Å². The third-order valence-electron chi connectivity index (χ3n) is 4.30. The van der Waals surface area contributed by atoms with Crippen molar-refractivity contribution in [2.75, 3.05) is 13.1 Å². The Labute approximate surface area is 147 Å². The van der Waals surface area contributed by atoms with Gasteiger partial charge < -0.3 is 10.2 Å². The maximum atomic E-state index is 12.5. The third-order valence-corrected chi connectivity index (χ3v) is 4.30. The number of pyridine rings is 1. The molecule has 0 spiro atoms. The van der Waals surface area contributed by atoms with E-state index in [1.54, 1.807) is 19.3 Å². The molecule has 0 bridgehead atoms. The van der Waals surface area contributed by atoms with Crippen molar-refractivity contribution in [1.82, 2.24) is 15.4 Å². The van der Waals surface area contributed by atoms with Crippen molar-refractivity contribution in [1.29, 1.82) is 0 Å². The van der Waals surface area contributed by atoms with E-state index in [9.17, 15) is 14.4 Å². The van der Waals surface area contributed by atoms with Gasteiger partial charge in [0.2, 0.25) is 5.91 Å². The fraction of sp³-hybridized carbons (Fsp3) is 0.556. The van der Waals surface area contributed by atoms with Crippen molar-refractivity contribution >= 4 is 17.8 Å². The van der Waals surface area contributed by atoms with Gasteiger partial charge in [0.15, 0.2) is 0 Å². The van der Waals surface area contributed by atoms with Gasteiger partial charge >= 0.3 is 5.97 Å². The maximum absolute atomic E-state index is 12.5. The second-order valence-electron chi connectivity index (χ2n) is 6.42. The first-order valence-corrected chi connectivity index (χ1v) is 8.64. The second-order valence-corrected chi connectivity index (χ2v) is 6.42. The maximum Gasteiger partial charge on any atom is 0.337 e. The molecule has 1 saturated heterocycles. The number of aromatic nitrogens is 1. The molecule has 0 radical (unpaired) electrons. The average molecular weight is 347 g/mol. The molecule has 0 aromatic carbocycles. The Morgan fingerprint density at radius 1 is 1.40 bits per heavy atom. The monoisotopic (exact) mass is 347 g/mol. The Bertz CT molecular complexity index is 606. The van der Waals surface area contributed by atoms with Gasteiger partial charge in [0.25, 0.3) is 5.91 Å². The molecule has 1 aliphatic rings. The number of carbonyl (C=O) groups excluding carboxylic acids is 3. The lowest BCUT2D eigenvalue weighted by Crippen LogP contribution is -2.44. The van der Waals surface area contributed by atoms with Gasteiger partial charge in [0.05, 0.1) is 12.5 Å². The molecule has 2 rings (SSSR count). The molecule has 2 heterocycles. The molecule has 0 aliphatic carbocycles. The zero-order valence-electron chi connectivity index (χ0n) is 14.7. The van der Waals surface area contributed by atoms with E-state index in [1.165, 1.54) is 12.0 Å². The number of rotatable bonds is 7. The highest BCUT2D eigenvalue weighted by Gasteiger charge is 2.32. The zero-order chi connectivity index (χ0) is 18.2. The highest BCUT2D eigenvalue weighted by Crippen LogP contribution is 2.23. The lowest BCUT2D eigenvalue weighted by molar-refractivity contribution is -0.208. The van der Waals surface area contributed by atoms with Crippen LogP contribution >= 0.6 is 0 Å². The molecule has 2 atom stereocenters. The molecule has 136 valence electrons. The largest absolute Gasteiger partial charge is 0.355 e. The number of hydrogen-bond acceptors (Lipinski definition) is 5. The van der Waals surface area contributed by atoms with Gasteiger partial charge in [-0.2, -0.15) is 5.06 Å². The van der Waals surface area contributed by atoms with Crippen LogP contribution < -0.4 is 5.32 Å². The zero-order valence-corrected chi connectivity index (χ0v) is 14.7. The summed E-state index contributed by atoms with van der Waals surface area (Å²) in [5.41, 5.74) is 1.14. The molecule has 1 aromatic heterocycles.